The van der Waals surface area contributed by atoms with E-state index < -0.39 is 0 Å². The predicted molar refractivity (Wildman–Crippen MR) is 77.2 cm³/mol. The molecule has 0 unspecified atom stereocenters. The van der Waals surface area contributed by atoms with E-state index in [1.165, 1.54) is 25.7 Å². The minimum absolute atomic E-state index is 0.00555. The van der Waals surface area contributed by atoms with Gasteiger partial charge in [0, 0.05) is 5.54 Å². The molecule has 2 N–H and O–H groups in total. The van der Waals surface area contributed by atoms with Crippen molar-refractivity contribution >= 4 is 0 Å². The summed E-state index contributed by atoms with van der Waals surface area (Å²) in [4.78, 5) is 0. The van der Waals surface area contributed by atoms with E-state index in [1.54, 1.807) is 6.42 Å². The number of nitrogens with two attached hydrogens (primary N) is 1. The molecule has 4 saturated carbocycles. The van der Waals surface area contributed by atoms with Crippen molar-refractivity contribution in [2.75, 3.05) is 0 Å². The number of hydrogen-bond donors (Lipinski definition) is 1. The van der Waals surface area contributed by atoms with Crippen molar-refractivity contribution in [3.05, 3.63) is 12.2 Å². The zero-order chi connectivity index (χ0) is 12.8. The molecule has 4 aliphatic carbocycles. The maximum atomic E-state index is 6.04. The van der Waals surface area contributed by atoms with Crippen molar-refractivity contribution < 1.29 is 0 Å². The molecule has 0 atom stereocenters. The molecular weight excluding hydrogens is 218 g/mol. The first-order valence-corrected chi connectivity index (χ1v) is 7.97. The lowest BCUT2D eigenvalue weighted by molar-refractivity contribution is -0.0162. The summed E-state index contributed by atoms with van der Waals surface area (Å²) in [6, 6.07) is 0. The van der Waals surface area contributed by atoms with E-state index in [2.05, 4.69) is 26.0 Å². The number of hydrogen-bond acceptors (Lipinski definition) is 1. The monoisotopic (exact) mass is 247 g/mol. The summed E-state index contributed by atoms with van der Waals surface area (Å²) < 4.78 is 0. The third-order valence-electron chi connectivity index (χ3n) is 5.61. The van der Waals surface area contributed by atoms with Gasteiger partial charge in [0.05, 0.1) is 0 Å². The average molecular weight is 247 g/mol. The minimum atomic E-state index is -0.00555. The second kappa shape index (κ2) is 4.67. The second-order valence-corrected chi connectivity index (χ2v) is 7.96. The van der Waals surface area contributed by atoms with Gasteiger partial charge < -0.3 is 5.73 Å². The van der Waals surface area contributed by atoms with Crippen molar-refractivity contribution in [1.29, 1.82) is 0 Å². The molecule has 1 heteroatoms. The van der Waals surface area contributed by atoms with Gasteiger partial charge >= 0.3 is 0 Å². The van der Waals surface area contributed by atoms with Crippen LogP contribution < -0.4 is 5.73 Å². The van der Waals surface area contributed by atoms with Gasteiger partial charge in [-0.25, -0.2) is 0 Å². The molecule has 0 saturated heterocycles. The van der Waals surface area contributed by atoms with Gasteiger partial charge in [0.25, 0.3) is 0 Å². The smallest absolute Gasteiger partial charge is 0.01000 e. The van der Waals surface area contributed by atoms with Crippen LogP contribution in [0.25, 0.3) is 0 Å². The highest BCUT2D eigenvalue weighted by atomic mass is 14.7. The van der Waals surface area contributed by atoms with E-state index >= 15 is 0 Å². The van der Waals surface area contributed by atoms with Crippen molar-refractivity contribution in [3.8, 4) is 0 Å². The number of rotatable bonds is 4. The highest BCUT2D eigenvalue weighted by Gasteiger charge is 2.46. The topological polar surface area (TPSA) is 26.0 Å². The van der Waals surface area contributed by atoms with Crippen LogP contribution in [0.3, 0.4) is 0 Å². The second-order valence-electron chi connectivity index (χ2n) is 7.96. The molecule has 0 aromatic carbocycles. The Hall–Kier alpha value is -0.300. The van der Waals surface area contributed by atoms with Crippen LogP contribution in [-0.4, -0.2) is 5.54 Å². The van der Waals surface area contributed by atoms with Gasteiger partial charge in [-0.15, -0.1) is 0 Å². The Morgan fingerprint density at radius 1 is 1.00 bits per heavy atom. The summed E-state index contributed by atoms with van der Waals surface area (Å²) in [6.07, 6.45) is 15.0. The van der Waals surface area contributed by atoms with E-state index in [1.807, 2.05) is 0 Å². The molecular formula is C17H29N. The zero-order valence-electron chi connectivity index (χ0n) is 12.1. The third-order valence-corrected chi connectivity index (χ3v) is 5.61. The Kier molecular flexibility index (Phi) is 3.30. The van der Waals surface area contributed by atoms with Crippen LogP contribution in [0, 0.1) is 29.6 Å². The summed E-state index contributed by atoms with van der Waals surface area (Å²) in [6.45, 7) is 4.26. The van der Waals surface area contributed by atoms with Crippen molar-refractivity contribution in [3.63, 3.8) is 0 Å². The lowest BCUT2D eigenvalue weighted by Crippen LogP contribution is -2.44. The lowest BCUT2D eigenvalue weighted by Gasteiger charge is -2.53. The van der Waals surface area contributed by atoms with Crippen LogP contribution in [-0.2, 0) is 0 Å². The molecule has 4 bridgehead atoms. The van der Waals surface area contributed by atoms with Gasteiger partial charge in [0.1, 0.15) is 0 Å². The first-order chi connectivity index (χ1) is 8.51. The fraction of sp³-hybridized carbons (Fsp3) is 0.882. The van der Waals surface area contributed by atoms with E-state index in [4.69, 9.17) is 5.73 Å². The van der Waals surface area contributed by atoms with E-state index in [0.29, 0.717) is 0 Å². The van der Waals surface area contributed by atoms with Gasteiger partial charge in [0.2, 0.25) is 0 Å². The Balaban J connectivity index is 1.55. The minimum Gasteiger partial charge on any atom is -0.326 e. The Bertz CT molecular complexity index is 295. The highest BCUT2D eigenvalue weighted by molar-refractivity contribution is 5.05. The van der Waals surface area contributed by atoms with Crippen molar-refractivity contribution in [1.82, 2.24) is 0 Å². The molecule has 0 spiro atoms. The van der Waals surface area contributed by atoms with Crippen LogP contribution >= 0.6 is 0 Å². The highest BCUT2D eigenvalue weighted by Crippen LogP contribution is 2.56. The van der Waals surface area contributed by atoms with Gasteiger partial charge in [0.15, 0.2) is 0 Å². The molecule has 0 aromatic heterocycles. The summed E-state index contributed by atoms with van der Waals surface area (Å²) in [5.74, 6) is 5.17. The van der Waals surface area contributed by atoms with E-state index in [0.717, 1.165) is 42.4 Å². The van der Waals surface area contributed by atoms with Gasteiger partial charge in [-0.3, -0.25) is 0 Å². The fourth-order valence-corrected chi connectivity index (χ4v) is 4.99. The maximum absolute atomic E-state index is 6.04. The molecule has 102 valence electrons. The Morgan fingerprint density at radius 2 is 1.56 bits per heavy atom. The molecule has 0 heterocycles. The average Bonchev–Trinajstić information content (AvgIpc) is 2.24. The summed E-state index contributed by atoms with van der Waals surface area (Å²) in [5.41, 5.74) is 6.03. The summed E-state index contributed by atoms with van der Waals surface area (Å²) in [7, 11) is 0. The first-order valence-electron chi connectivity index (χ1n) is 7.97. The number of allylic oxidation sites excluding steroid dienone is 2. The Labute approximate surface area is 112 Å². The molecule has 4 rings (SSSR count). The van der Waals surface area contributed by atoms with Crippen molar-refractivity contribution in [2.45, 2.75) is 64.3 Å². The third kappa shape index (κ3) is 2.66. The normalized spacial score (nSPS) is 42.9. The summed E-state index contributed by atoms with van der Waals surface area (Å²) >= 11 is 0. The predicted octanol–water partition coefficient (Wildman–Crippen LogP) is 4.13. The first kappa shape index (κ1) is 12.7. The molecule has 18 heavy (non-hydrogen) atoms. The molecule has 0 radical (unpaired) electrons. The molecule has 4 aliphatic rings. The van der Waals surface area contributed by atoms with Gasteiger partial charge in [-0.1, -0.05) is 12.2 Å². The molecule has 0 aromatic rings. The maximum Gasteiger partial charge on any atom is 0.01000 e. The molecule has 0 aliphatic heterocycles. The molecule has 1 nitrogen and oxygen atoms in total. The van der Waals surface area contributed by atoms with E-state index in [9.17, 15) is 0 Å². The molecule has 0 amide bonds. The Morgan fingerprint density at radius 3 is 2.06 bits per heavy atom. The van der Waals surface area contributed by atoms with Crippen LogP contribution in [0.15, 0.2) is 12.2 Å². The lowest BCUT2D eigenvalue weighted by atomic mass is 9.52. The quantitative estimate of drug-likeness (QED) is 0.743. The van der Waals surface area contributed by atoms with Crippen LogP contribution in [0.1, 0.15) is 58.8 Å². The van der Waals surface area contributed by atoms with Crippen LogP contribution in [0.5, 0.6) is 0 Å². The van der Waals surface area contributed by atoms with Crippen LogP contribution in [0.4, 0.5) is 0 Å². The summed E-state index contributed by atoms with van der Waals surface area (Å²) in [5, 5.41) is 0. The van der Waals surface area contributed by atoms with E-state index in [-0.39, 0.29) is 5.54 Å². The van der Waals surface area contributed by atoms with Gasteiger partial charge in [-0.2, -0.15) is 0 Å². The SMILES string of the molecule is CC(C)(N)CC/C=C/C1C2CC3CC(C2)CC1C3. The largest absolute Gasteiger partial charge is 0.326 e. The standard InChI is InChI=1S/C17H29N/c1-17(2,18)6-4-3-5-16-14-8-12-7-13(10-14)11-15(16)9-12/h3,5,12-16H,4,6-11,18H2,1-2H3/b5-3+. The molecule has 4 fully saturated rings. The van der Waals surface area contributed by atoms with Crippen molar-refractivity contribution in [2.24, 2.45) is 35.3 Å². The van der Waals surface area contributed by atoms with Gasteiger partial charge in [-0.05, 0) is 88.4 Å². The fourth-order valence-electron chi connectivity index (χ4n) is 4.99. The van der Waals surface area contributed by atoms with Crippen LogP contribution in [0.2, 0.25) is 0 Å². The zero-order valence-corrected chi connectivity index (χ0v) is 12.1.